The maximum absolute atomic E-state index is 11.2. The SMILES string of the molecule is CC1CCCC1Nc1c(C(=O)O)cccc1[N+](=O)[O-]. The molecule has 1 aromatic carbocycles. The van der Waals surface area contributed by atoms with Crippen LogP contribution >= 0.6 is 0 Å². The Bertz CT molecular complexity index is 483. The van der Waals surface area contributed by atoms with E-state index in [9.17, 15) is 14.9 Å². The summed E-state index contributed by atoms with van der Waals surface area (Å²) in [7, 11) is 0. The fourth-order valence-electron chi connectivity index (χ4n) is 2.57. The zero-order valence-electron chi connectivity index (χ0n) is 10.6. The molecular weight excluding hydrogens is 248 g/mol. The van der Waals surface area contributed by atoms with Gasteiger partial charge in [-0.1, -0.05) is 19.4 Å². The summed E-state index contributed by atoms with van der Waals surface area (Å²) in [4.78, 5) is 21.7. The van der Waals surface area contributed by atoms with Crippen LogP contribution in [-0.4, -0.2) is 22.0 Å². The van der Waals surface area contributed by atoms with Gasteiger partial charge in [0, 0.05) is 12.1 Å². The molecule has 0 heterocycles. The Morgan fingerprint density at radius 3 is 2.74 bits per heavy atom. The lowest BCUT2D eigenvalue weighted by molar-refractivity contribution is -0.384. The van der Waals surface area contributed by atoms with Gasteiger partial charge in [-0.3, -0.25) is 10.1 Å². The van der Waals surface area contributed by atoms with E-state index in [0.717, 1.165) is 19.3 Å². The summed E-state index contributed by atoms with van der Waals surface area (Å²) < 4.78 is 0. The number of hydrogen-bond acceptors (Lipinski definition) is 4. The van der Waals surface area contributed by atoms with E-state index in [0.29, 0.717) is 5.92 Å². The lowest BCUT2D eigenvalue weighted by Crippen LogP contribution is -2.23. The number of nitrogens with zero attached hydrogens (tertiary/aromatic N) is 1. The first kappa shape index (κ1) is 13.3. The Kier molecular flexibility index (Phi) is 3.69. The van der Waals surface area contributed by atoms with Crippen LogP contribution in [0.1, 0.15) is 36.5 Å². The highest BCUT2D eigenvalue weighted by Crippen LogP contribution is 2.34. The van der Waals surface area contributed by atoms with Crippen LogP contribution in [0.5, 0.6) is 0 Å². The highest BCUT2D eigenvalue weighted by Gasteiger charge is 2.28. The van der Waals surface area contributed by atoms with Crippen LogP contribution in [0.25, 0.3) is 0 Å². The molecule has 102 valence electrons. The molecule has 0 aromatic heterocycles. The van der Waals surface area contributed by atoms with Gasteiger partial charge in [0.05, 0.1) is 10.5 Å². The van der Waals surface area contributed by atoms with Crippen LogP contribution in [0, 0.1) is 16.0 Å². The first-order valence-electron chi connectivity index (χ1n) is 6.28. The first-order chi connectivity index (χ1) is 9.00. The summed E-state index contributed by atoms with van der Waals surface area (Å²) in [6.45, 7) is 2.07. The average Bonchev–Trinajstić information content (AvgIpc) is 2.74. The molecule has 1 aromatic rings. The molecule has 19 heavy (non-hydrogen) atoms. The van der Waals surface area contributed by atoms with E-state index in [1.165, 1.54) is 18.2 Å². The molecule has 0 spiro atoms. The second-order valence-corrected chi connectivity index (χ2v) is 4.92. The average molecular weight is 264 g/mol. The fraction of sp³-hybridized carbons (Fsp3) is 0.462. The Morgan fingerprint density at radius 1 is 1.47 bits per heavy atom. The second-order valence-electron chi connectivity index (χ2n) is 4.92. The number of nitro groups is 1. The smallest absolute Gasteiger partial charge is 0.338 e. The quantitative estimate of drug-likeness (QED) is 0.644. The second kappa shape index (κ2) is 5.26. The van der Waals surface area contributed by atoms with Gasteiger partial charge in [0.25, 0.3) is 5.69 Å². The summed E-state index contributed by atoms with van der Waals surface area (Å²) in [6, 6.07) is 4.20. The number of carbonyl (C=O) groups is 1. The molecule has 1 fully saturated rings. The Labute approximate surface area is 110 Å². The van der Waals surface area contributed by atoms with Crippen LogP contribution in [0.2, 0.25) is 0 Å². The minimum Gasteiger partial charge on any atom is -0.478 e. The highest BCUT2D eigenvalue weighted by molar-refractivity contribution is 5.96. The van der Waals surface area contributed by atoms with Crippen molar-refractivity contribution in [1.29, 1.82) is 0 Å². The maximum Gasteiger partial charge on any atom is 0.338 e. The highest BCUT2D eigenvalue weighted by atomic mass is 16.6. The summed E-state index contributed by atoms with van der Waals surface area (Å²) in [5, 5.41) is 23.2. The number of aromatic carboxylic acids is 1. The van der Waals surface area contributed by atoms with Gasteiger partial charge in [-0.2, -0.15) is 0 Å². The molecule has 0 aliphatic heterocycles. The molecule has 0 saturated heterocycles. The van der Waals surface area contributed by atoms with Gasteiger partial charge in [-0.25, -0.2) is 4.79 Å². The number of hydrogen-bond donors (Lipinski definition) is 2. The lowest BCUT2D eigenvalue weighted by Gasteiger charge is -2.19. The van der Waals surface area contributed by atoms with Crippen LogP contribution < -0.4 is 5.32 Å². The van der Waals surface area contributed by atoms with Gasteiger partial charge >= 0.3 is 5.97 Å². The van der Waals surface area contributed by atoms with Crippen molar-refractivity contribution in [3.63, 3.8) is 0 Å². The molecule has 2 atom stereocenters. The monoisotopic (exact) mass is 264 g/mol. The molecule has 1 saturated carbocycles. The van der Waals surface area contributed by atoms with Crippen molar-refractivity contribution < 1.29 is 14.8 Å². The molecule has 2 unspecified atom stereocenters. The number of carboxylic acids is 1. The Morgan fingerprint density at radius 2 is 2.21 bits per heavy atom. The van der Waals surface area contributed by atoms with Gasteiger partial charge in [0.1, 0.15) is 5.69 Å². The van der Waals surface area contributed by atoms with E-state index in [1.54, 1.807) is 0 Å². The minimum atomic E-state index is -1.16. The number of anilines is 1. The minimum absolute atomic E-state index is 0.0479. The van der Waals surface area contributed by atoms with Crippen molar-refractivity contribution in [2.75, 3.05) is 5.32 Å². The van der Waals surface area contributed by atoms with Crippen LogP contribution in [0.15, 0.2) is 18.2 Å². The molecule has 0 radical (unpaired) electrons. The third-order valence-corrected chi connectivity index (χ3v) is 3.66. The first-order valence-corrected chi connectivity index (χ1v) is 6.28. The van der Waals surface area contributed by atoms with Crippen molar-refractivity contribution in [3.05, 3.63) is 33.9 Å². The predicted octanol–water partition coefficient (Wildman–Crippen LogP) is 2.89. The number of nitrogens with one attached hydrogen (secondary N) is 1. The number of carboxylic acid groups (broad SMARTS) is 1. The predicted molar refractivity (Wildman–Crippen MR) is 70.5 cm³/mol. The number of nitro benzene ring substituents is 1. The number of para-hydroxylation sites is 1. The fourth-order valence-corrected chi connectivity index (χ4v) is 2.57. The Hall–Kier alpha value is -2.11. The van der Waals surface area contributed by atoms with Crippen LogP contribution in [0.4, 0.5) is 11.4 Å². The van der Waals surface area contributed by atoms with Gasteiger partial charge in [-0.05, 0) is 24.8 Å². The Balaban J connectivity index is 2.40. The summed E-state index contributed by atoms with van der Waals surface area (Å²) in [6.07, 6.45) is 3.02. The normalized spacial score (nSPS) is 22.2. The standard InChI is InChI=1S/C13H16N2O4/c1-8-4-2-6-10(8)14-12-9(13(16)17)5-3-7-11(12)15(18)19/h3,5,7-8,10,14H,2,4,6H2,1H3,(H,16,17). The van der Waals surface area contributed by atoms with E-state index in [4.69, 9.17) is 5.11 Å². The van der Waals surface area contributed by atoms with Crippen molar-refractivity contribution in [1.82, 2.24) is 0 Å². The summed E-state index contributed by atoms with van der Waals surface area (Å²) in [5.41, 5.74) is -0.106. The van der Waals surface area contributed by atoms with Crippen molar-refractivity contribution in [3.8, 4) is 0 Å². The van der Waals surface area contributed by atoms with E-state index in [1.807, 2.05) is 0 Å². The summed E-state index contributed by atoms with van der Waals surface area (Å²) in [5.74, 6) is -0.765. The molecule has 6 nitrogen and oxygen atoms in total. The lowest BCUT2D eigenvalue weighted by atomic mass is 10.0. The van der Waals surface area contributed by atoms with E-state index < -0.39 is 10.9 Å². The topological polar surface area (TPSA) is 92.5 Å². The van der Waals surface area contributed by atoms with E-state index >= 15 is 0 Å². The molecule has 0 amide bonds. The van der Waals surface area contributed by atoms with E-state index in [2.05, 4.69) is 12.2 Å². The zero-order valence-corrected chi connectivity index (χ0v) is 10.6. The third kappa shape index (κ3) is 2.67. The molecule has 2 rings (SSSR count). The van der Waals surface area contributed by atoms with Crippen molar-refractivity contribution >= 4 is 17.3 Å². The number of benzene rings is 1. The molecular formula is C13H16N2O4. The number of rotatable bonds is 4. The van der Waals surface area contributed by atoms with Crippen LogP contribution in [-0.2, 0) is 0 Å². The molecule has 0 bridgehead atoms. The van der Waals surface area contributed by atoms with Gasteiger partial charge in [0.2, 0.25) is 0 Å². The van der Waals surface area contributed by atoms with Crippen LogP contribution in [0.3, 0.4) is 0 Å². The molecule has 1 aliphatic rings. The van der Waals surface area contributed by atoms with E-state index in [-0.39, 0.29) is 23.0 Å². The molecule has 1 aliphatic carbocycles. The van der Waals surface area contributed by atoms with Gasteiger partial charge in [-0.15, -0.1) is 0 Å². The maximum atomic E-state index is 11.2. The van der Waals surface area contributed by atoms with Crippen molar-refractivity contribution in [2.45, 2.75) is 32.2 Å². The van der Waals surface area contributed by atoms with Gasteiger partial charge in [0.15, 0.2) is 0 Å². The zero-order chi connectivity index (χ0) is 14.0. The molecule has 6 heteroatoms. The van der Waals surface area contributed by atoms with Crippen molar-refractivity contribution in [2.24, 2.45) is 5.92 Å². The van der Waals surface area contributed by atoms with Gasteiger partial charge < -0.3 is 10.4 Å². The third-order valence-electron chi connectivity index (χ3n) is 3.66. The summed E-state index contributed by atoms with van der Waals surface area (Å²) >= 11 is 0. The molecule has 2 N–H and O–H groups in total. The largest absolute Gasteiger partial charge is 0.478 e.